The summed E-state index contributed by atoms with van der Waals surface area (Å²) in [4.78, 5) is 28.0. The third-order valence-corrected chi connectivity index (χ3v) is 4.24. The third-order valence-electron chi connectivity index (χ3n) is 3.38. The number of carbonyl (C=O) groups excluding carboxylic acids is 1. The van der Waals surface area contributed by atoms with E-state index >= 15 is 0 Å². The lowest BCUT2D eigenvalue weighted by atomic mass is 10.1. The summed E-state index contributed by atoms with van der Waals surface area (Å²) in [6.07, 6.45) is 1.46. The van der Waals surface area contributed by atoms with E-state index in [-0.39, 0.29) is 17.8 Å². The molecule has 2 heterocycles. The van der Waals surface area contributed by atoms with Gasteiger partial charge in [0.25, 0.3) is 11.6 Å². The monoisotopic (exact) mass is 343 g/mol. The highest BCUT2D eigenvalue weighted by Crippen LogP contribution is 2.24. The predicted molar refractivity (Wildman–Crippen MR) is 88.8 cm³/mol. The van der Waals surface area contributed by atoms with Gasteiger partial charge in [0, 0.05) is 5.56 Å². The summed E-state index contributed by atoms with van der Waals surface area (Å²) in [5.74, 6) is -0.0399. The molecule has 0 fully saturated rings. The summed E-state index contributed by atoms with van der Waals surface area (Å²) in [6.45, 7) is 1.72. The minimum absolute atomic E-state index is 0.0296. The van der Waals surface area contributed by atoms with Crippen molar-refractivity contribution in [3.8, 4) is 10.8 Å². The molecule has 3 rings (SSSR count). The Morgan fingerprint density at radius 3 is 2.92 bits per heavy atom. The molecule has 0 spiro atoms. The van der Waals surface area contributed by atoms with E-state index in [0.717, 1.165) is 4.88 Å². The minimum Gasteiger partial charge on any atom is -0.443 e. The van der Waals surface area contributed by atoms with Crippen molar-refractivity contribution < 1.29 is 14.1 Å². The van der Waals surface area contributed by atoms with Crippen LogP contribution in [0.25, 0.3) is 10.8 Å². The molecule has 1 N–H and O–H groups in total. The number of aromatic nitrogens is 1. The lowest BCUT2D eigenvalue weighted by Gasteiger charge is -2.05. The maximum atomic E-state index is 12.3. The zero-order valence-corrected chi connectivity index (χ0v) is 13.5. The number of nitro benzene ring substituents is 1. The molecule has 24 heavy (non-hydrogen) atoms. The Hall–Kier alpha value is -3.00. The van der Waals surface area contributed by atoms with E-state index in [2.05, 4.69) is 10.3 Å². The molecule has 0 saturated carbocycles. The first-order valence-corrected chi connectivity index (χ1v) is 7.94. The summed E-state index contributed by atoms with van der Waals surface area (Å²) in [7, 11) is 0. The van der Waals surface area contributed by atoms with Crippen LogP contribution >= 0.6 is 11.3 Å². The van der Waals surface area contributed by atoms with Gasteiger partial charge in [-0.1, -0.05) is 18.2 Å². The first-order valence-electron chi connectivity index (χ1n) is 7.06. The standard InChI is InChI=1S/C16H13N3O4S/c1-10-4-2-5-12(14(10)19(21)22)15(20)17-8-11-9-23-16(18-11)13-6-3-7-24-13/h2-7,9H,8H2,1H3,(H,17,20). The highest BCUT2D eigenvalue weighted by Gasteiger charge is 2.22. The van der Waals surface area contributed by atoms with Crippen molar-refractivity contribution in [1.82, 2.24) is 10.3 Å². The molecule has 122 valence electrons. The molecule has 0 saturated heterocycles. The van der Waals surface area contributed by atoms with Gasteiger partial charge in [0.1, 0.15) is 11.8 Å². The van der Waals surface area contributed by atoms with E-state index in [4.69, 9.17) is 4.42 Å². The molecule has 0 atom stereocenters. The first-order chi connectivity index (χ1) is 11.6. The SMILES string of the molecule is Cc1cccc(C(=O)NCc2coc(-c3cccs3)n2)c1[N+](=O)[O-]. The highest BCUT2D eigenvalue weighted by molar-refractivity contribution is 7.13. The summed E-state index contributed by atoms with van der Waals surface area (Å²) < 4.78 is 5.37. The van der Waals surface area contributed by atoms with Gasteiger partial charge in [0.2, 0.25) is 5.89 Å². The molecule has 1 amide bonds. The Morgan fingerprint density at radius 2 is 2.21 bits per heavy atom. The normalized spacial score (nSPS) is 10.5. The summed E-state index contributed by atoms with van der Waals surface area (Å²) in [5.41, 5.74) is 0.826. The minimum atomic E-state index is -0.546. The smallest absolute Gasteiger partial charge is 0.285 e. The molecular formula is C16H13N3O4S. The molecule has 8 heteroatoms. The molecule has 0 bridgehead atoms. The van der Waals surface area contributed by atoms with Gasteiger partial charge >= 0.3 is 0 Å². The van der Waals surface area contributed by atoms with Crippen LogP contribution in [-0.2, 0) is 6.54 Å². The van der Waals surface area contributed by atoms with Crippen LogP contribution in [0.15, 0.2) is 46.4 Å². The van der Waals surface area contributed by atoms with E-state index in [1.807, 2.05) is 17.5 Å². The number of nitrogens with one attached hydrogen (secondary N) is 1. The van der Waals surface area contributed by atoms with Gasteiger partial charge in [-0.25, -0.2) is 4.98 Å². The number of oxazole rings is 1. The van der Waals surface area contributed by atoms with Gasteiger partial charge in [-0.3, -0.25) is 14.9 Å². The second-order valence-electron chi connectivity index (χ2n) is 5.03. The van der Waals surface area contributed by atoms with Crippen LogP contribution in [-0.4, -0.2) is 15.8 Å². The van der Waals surface area contributed by atoms with Gasteiger partial charge in [0.15, 0.2) is 0 Å². The quantitative estimate of drug-likeness (QED) is 0.564. The molecule has 0 radical (unpaired) electrons. The maximum absolute atomic E-state index is 12.3. The fourth-order valence-corrected chi connectivity index (χ4v) is 2.91. The predicted octanol–water partition coefficient (Wildman–Crippen LogP) is 3.55. The third kappa shape index (κ3) is 3.18. The molecular weight excluding hydrogens is 330 g/mol. The van der Waals surface area contributed by atoms with Gasteiger partial charge in [0.05, 0.1) is 22.0 Å². The summed E-state index contributed by atoms with van der Waals surface area (Å²) in [6, 6.07) is 8.42. The second kappa shape index (κ2) is 6.63. The number of hydrogen-bond donors (Lipinski definition) is 1. The van der Waals surface area contributed by atoms with Crippen molar-refractivity contribution in [3.63, 3.8) is 0 Å². The van der Waals surface area contributed by atoms with E-state index < -0.39 is 10.8 Å². The van der Waals surface area contributed by atoms with Crippen LogP contribution in [0.5, 0.6) is 0 Å². The average Bonchev–Trinajstić information content (AvgIpc) is 3.23. The average molecular weight is 343 g/mol. The second-order valence-corrected chi connectivity index (χ2v) is 5.98. The van der Waals surface area contributed by atoms with Crippen LogP contribution in [0.1, 0.15) is 21.6 Å². The molecule has 2 aromatic heterocycles. The van der Waals surface area contributed by atoms with Crippen LogP contribution < -0.4 is 5.32 Å². The zero-order chi connectivity index (χ0) is 17.1. The van der Waals surface area contributed by atoms with Crippen LogP contribution in [0.4, 0.5) is 5.69 Å². The Kier molecular flexibility index (Phi) is 4.39. The molecule has 0 unspecified atom stereocenters. The van der Waals surface area contributed by atoms with Crippen LogP contribution in [0.3, 0.4) is 0 Å². The highest BCUT2D eigenvalue weighted by atomic mass is 32.1. The molecule has 3 aromatic rings. The van der Waals surface area contributed by atoms with Crippen molar-refractivity contribution >= 4 is 22.9 Å². The lowest BCUT2D eigenvalue weighted by Crippen LogP contribution is -2.24. The van der Waals surface area contributed by atoms with E-state index in [9.17, 15) is 14.9 Å². The number of aryl methyl sites for hydroxylation is 1. The summed E-state index contributed by atoms with van der Waals surface area (Å²) >= 11 is 1.50. The van der Waals surface area contributed by atoms with Gasteiger partial charge in [-0.2, -0.15) is 0 Å². The van der Waals surface area contributed by atoms with E-state index in [0.29, 0.717) is 17.1 Å². The Labute approximate surface area is 141 Å². The number of benzene rings is 1. The van der Waals surface area contributed by atoms with Crippen molar-refractivity contribution in [3.05, 3.63) is 68.9 Å². The lowest BCUT2D eigenvalue weighted by molar-refractivity contribution is -0.385. The van der Waals surface area contributed by atoms with Crippen molar-refractivity contribution in [2.45, 2.75) is 13.5 Å². The number of thiophene rings is 1. The van der Waals surface area contributed by atoms with Gasteiger partial charge < -0.3 is 9.73 Å². The molecule has 0 aliphatic rings. The molecule has 7 nitrogen and oxygen atoms in total. The number of nitrogens with zero attached hydrogens (tertiary/aromatic N) is 2. The number of nitro groups is 1. The zero-order valence-electron chi connectivity index (χ0n) is 12.7. The van der Waals surface area contributed by atoms with Gasteiger partial charge in [-0.15, -0.1) is 11.3 Å². The maximum Gasteiger partial charge on any atom is 0.285 e. The number of rotatable bonds is 5. The van der Waals surface area contributed by atoms with Crippen LogP contribution in [0.2, 0.25) is 0 Å². The Balaban J connectivity index is 1.73. The number of amides is 1. The molecule has 0 aliphatic carbocycles. The summed E-state index contributed by atoms with van der Waals surface area (Å²) in [5, 5.41) is 15.7. The molecule has 1 aromatic carbocycles. The van der Waals surface area contributed by atoms with Crippen molar-refractivity contribution in [2.75, 3.05) is 0 Å². The number of para-hydroxylation sites is 1. The fourth-order valence-electron chi connectivity index (χ4n) is 2.25. The van der Waals surface area contributed by atoms with E-state index in [1.165, 1.54) is 23.7 Å². The van der Waals surface area contributed by atoms with Gasteiger partial charge in [-0.05, 0) is 24.4 Å². The Bertz CT molecular complexity index is 887. The fraction of sp³-hybridized carbons (Fsp3) is 0.125. The largest absolute Gasteiger partial charge is 0.443 e. The van der Waals surface area contributed by atoms with Crippen molar-refractivity contribution in [1.29, 1.82) is 0 Å². The van der Waals surface area contributed by atoms with Crippen molar-refractivity contribution in [2.24, 2.45) is 0 Å². The number of hydrogen-bond acceptors (Lipinski definition) is 6. The Morgan fingerprint density at radius 1 is 1.38 bits per heavy atom. The van der Waals surface area contributed by atoms with Crippen LogP contribution in [0, 0.1) is 17.0 Å². The van der Waals surface area contributed by atoms with E-state index in [1.54, 1.807) is 19.1 Å². The topological polar surface area (TPSA) is 98.3 Å². The first kappa shape index (κ1) is 15.9. The molecule has 0 aliphatic heterocycles. The number of carbonyl (C=O) groups is 1.